The van der Waals surface area contributed by atoms with E-state index in [0.717, 1.165) is 5.69 Å². The quantitative estimate of drug-likeness (QED) is 0.553. The van der Waals surface area contributed by atoms with E-state index in [1.54, 1.807) is 0 Å². The molecule has 0 atom stereocenters. The molecule has 1 heterocycles. The Balaban J connectivity index is 2.87. The topological polar surface area (TPSA) is 12.9 Å². The van der Waals surface area contributed by atoms with Crippen molar-refractivity contribution in [1.82, 2.24) is 4.98 Å². The molecule has 0 aliphatic heterocycles. The largest absolute Gasteiger partial charge is 0.261 e. The Hall–Kier alpha value is -1.11. The smallest absolute Gasteiger partial charge is 0.0379 e. The van der Waals surface area contributed by atoms with Crippen LogP contribution >= 0.6 is 0 Å². The molecule has 0 aromatic carbocycles. The van der Waals surface area contributed by atoms with Crippen LogP contribution in [0.4, 0.5) is 0 Å². The van der Waals surface area contributed by atoms with Crippen molar-refractivity contribution < 1.29 is 0 Å². The van der Waals surface area contributed by atoms with Gasteiger partial charge in [-0.1, -0.05) is 11.6 Å². The van der Waals surface area contributed by atoms with Crippen LogP contribution in [0.1, 0.15) is 25.5 Å². The number of rotatable bonds is 0. The van der Waals surface area contributed by atoms with Gasteiger partial charge in [-0.05, 0) is 43.2 Å². The van der Waals surface area contributed by atoms with Crippen molar-refractivity contribution in [2.45, 2.75) is 26.7 Å². The Labute approximate surface area is 72.5 Å². The first-order valence-corrected chi connectivity index (χ1v) is 4.40. The third-order valence-electron chi connectivity index (χ3n) is 2.41. The van der Waals surface area contributed by atoms with Crippen molar-refractivity contribution in [3.8, 4) is 0 Å². The summed E-state index contributed by atoms with van der Waals surface area (Å²) in [6, 6.07) is 2.18. The lowest BCUT2D eigenvalue weighted by Crippen LogP contribution is -2.29. The van der Waals surface area contributed by atoms with Crippen LogP contribution in [0.15, 0.2) is 12.3 Å². The summed E-state index contributed by atoms with van der Waals surface area (Å²) in [5.41, 5.74) is 2.61. The maximum absolute atomic E-state index is 4.28. The van der Waals surface area contributed by atoms with E-state index in [-0.39, 0.29) is 0 Å². The highest BCUT2D eigenvalue weighted by Gasteiger charge is 1.99. The maximum atomic E-state index is 4.28. The van der Waals surface area contributed by atoms with Gasteiger partial charge in [0, 0.05) is 11.9 Å². The molecule has 0 N–H and O–H groups in total. The number of nitrogens with zero attached hydrogens (tertiary/aromatic N) is 1. The number of aryl methyl sites for hydroxylation is 1. The molecule has 62 valence electrons. The maximum Gasteiger partial charge on any atom is 0.0379 e. The number of hydrogen-bond donors (Lipinski definition) is 0. The minimum atomic E-state index is 1.11. The molecule has 1 nitrogen and oxygen atoms in total. The fourth-order valence-electron chi connectivity index (χ4n) is 1.68. The molecule has 12 heavy (non-hydrogen) atoms. The van der Waals surface area contributed by atoms with Crippen LogP contribution in [-0.4, -0.2) is 4.98 Å². The Bertz CT molecular complexity index is 415. The van der Waals surface area contributed by atoms with Gasteiger partial charge in [-0.15, -0.1) is 0 Å². The number of hydrogen-bond acceptors (Lipinski definition) is 1. The first-order chi connectivity index (χ1) is 5.77. The van der Waals surface area contributed by atoms with Crippen LogP contribution < -0.4 is 10.4 Å². The van der Waals surface area contributed by atoms with E-state index in [9.17, 15) is 0 Å². The van der Waals surface area contributed by atoms with E-state index < -0.39 is 0 Å². The van der Waals surface area contributed by atoms with Crippen LogP contribution in [0, 0.1) is 6.92 Å². The van der Waals surface area contributed by atoms with Gasteiger partial charge in [0.15, 0.2) is 0 Å². The SMILES string of the molecule is CC1=c2cc(C)ncc2=CCC1. The average Bonchev–Trinajstić information content (AvgIpc) is 2.07. The molecule has 0 spiro atoms. The second kappa shape index (κ2) is 2.74. The van der Waals surface area contributed by atoms with Gasteiger partial charge < -0.3 is 0 Å². The molecule has 1 aliphatic carbocycles. The molecule has 1 heteroatoms. The van der Waals surface area contributed by atoms with E-state index in [1.165, 1.54) is 28.9 Å². The van der Waals surface area contributed by atoms with Gasteiger partial charge in [0.05, 0.1) is 0 Å². The van der Waals surface area contributed by atoms with Gasteiger partial charge in [0.2, 0.25) is 0 Å². The standard InChI is InChI=1S/C11H13N/c1-8-4-3-5-10-7-12-9(2)6-11(8)10/h5-7H,3-4H2,1-2H3. The van der Waals surface area contributed by atoms with E-state index in [1.807, 2.05) is 13.1 Å². The molecule has 0 bridgehead atoms. The zero-order chi connectivity index (χ0) is 8.55. The fourth-order valence-corrected chi connectivity index (χ4v) is 1.68. The van der Waals surface area contributed by atoms with E-state index in [0.29, 0.717) is 0 Å². The lowest BCUT2D eigenvalue weighted by Gasteiger charge is -2.05. The van der Waals surface area contributed by atoms with Gasteiger partial charge >= 0.3 is 0 Å². The molecule has 0 radical (unpaired) electrons. The van der Waals surface area contributed by atoms with Crippen molar-refractivity contribution >= 4 is 11.6 Å². The molecule has 0 amide bonds. The summed E-state index contributed by atoms with van der Waals surface area (Å²) in [6.45, 7) is 4.26. The van der Waals surface area contributed by atoms with E-state index in [2.05, 4.69) is 24.1 Å². The molecule has 0 unspecified atom stereocenters. The highest BCUT2D eigenvalue weighted by atomic mass is 14.6. The Morgan fingerprint density at radius 3 is 3.00 bits per heavy atom. The summed E-state index contributed by atoms with van der Waals surface area (Å²) in [7, 11) is 0. The monoisotopic (exact) mass is 159 g/mol. The van der Waals surface area contributed by atoms with Crippen LogP contribution in [0.2, 0.25) is 0 Å². The molecule has 2 rings (SSSR count). The van der Waals surface area contributed by atoms with Crippen molar-refractivity contribution in [2.75, 3.05) is 0 Å². The van der Waals surface area contributed by atoms with Crippen LogP contribution in [0.3, 0.4) is 0 Å². The highest BCUT2D eigenvalue weighted by Crippen LogP contribution is 2.05. The second-order valence-corrected chi connectivity index (χ2v) is 3.44. The molecule has 0 saturated heterocycles. The van der Waals surface area contributed by atoms with Gasteiger partial charge in [-0.2, -0.15) is 0 Å². The lowest BCUT2D eigenvalue weighted by atomic mass is 10.0. The van der Waals surface area contributed by atoms with Crippen molar-refractivity contribution in [2.24, 2.45) is 0 Å². The Kier molecular flexibility index (Phi) is 1.72. The minimum Gasteiger partial charge on any atom is -0.261 e. The molecule has 0 fully saturated rings. The summed E-state index contributed by atoms with van der Waals surface area (Å²) >= 11 is 0. The van der Waals surface area contributed by atoms with E-state index >= 15 is 0 Å². The number of fused-ring (bicyclic) bond motifs is 1. The normalized spacial score (nSPS) is 15.3. The second-order valence-electron chi connectivity index (χ2n) is 3.44. The zero-order valence-electron chi connectivity index (χ0n) is 7.59. The van der Waals surface area contributed by atoms with Gasteiger partial charge in [0.1, 0.15) is 0 Å². The third-order valence-corrected chi connectivity index (χ3v) is 2.41. The van der Waals surface area contributed by atoms with Gasteiger partial charge in [0.25, 0.3) is 0 Å². The van der Waals surface area contributed by atoms with E-state index in [4.69, 9.17) is 0 Å². The fraction of sp³-hybridized carbons (Fsp3) is 0.364. The van der Waals surface area contributed by atoms with Crippen LogP contribution in [0.5, 0.6) is 0 Å². The lowest BCUT2D eigenvalue weighted by molar-refractivity contribution is 1.04. The van der Waals surface area contributed by atoms with Crippen LogP contribution in [0.25, 0.3) is 11.6 Å². The van der Waals surface area contributed by atoms with Crippen molar-refractivity contribution in [1.29, 1.82) is 0 Å². The highest BCUT2D eigenvalue weighted by molar-refractivity contribution is 5.48. The average molecular weight is 159 g/mol. The number of pyridine rings is 1. The predicted molar refractivity (Wildman–Crippen MR) is 51.0 cm³/mol. The summed E-state index contributed by atoms with van der Waals surface area (Å²) in [5, 5.41) is 2.71. The van der Waals surface area contributed by atoms with Gasteiger partial charge in [-0.25, -0.2) is 0 Å². The zero-order valence-corrected chi connectivity index (χ0v) is 7.59. The summed E-state index contributed by atoms with van der Waals surface area (Å²) in [5.74, 6) is 0. The van der Waals surface area contributed by atoms with Gasteiger partial charge in [-0.3, -0.25) is 4.98 Å². The predicted octanol–water partition coefficient (Wildman–Crippen LogP) is 1.13. The molecule has 1 aromatic rings. The first-order valence-electron chi connectivity index (χ1n) is 4.40. The molecule has 0 saturated carbocycles. The minimum absolute atomic E-state index is 1.11. The summed E-state index contributed by atoms with van der Waals surface area (Å²) < 4.78 is 0. The Morgan fingerprint density at radius 1 is 1.33 bits per heavy atom. The third kappa shape index (κ3) is 1.15. The van der Waals surface area contributed by atoms with Crippen molar-refractivity contribution in [3.63, 3.8) is 0 Å². The summed E-state index contributed by atoms with van der Waals surface area (Å²) in [4.78, 5) is 4.28. The first kappa shape index (κ1) is 7.53. The molecular formula is C11H13N. The summed E-state index contributed by atoms with van der Waals surface area (Å²) in [6.07, 6.45) is 6.63. The molecular weight excluding hydrogens is 146 g/mol. The Morgan fingerprint density at radius 2 is 2.17 bits per heavy atom. The molecule has 1 aromatic heterocycles. The number of aromatic nitrogens is 1. The van der Waals surface area contributed by atoms with Crippen molar-refractivity contribution in [3.05, 3.63) is 28.4 Å². The van der Waals surface area contributed by atoms with Crippen LogP contribution in [-0.2, 0) is 0 Å². The molecule has 1 aliphatic rings.